The first-order chi connectivity index (χ1) is 17.3. The van der Waals surface area contributed by atoms with Gasteiger partial charge in [0.25, 0.3) is 0 Å². The topological polar surface area (TPSA) is 115 Å². The van der Waals surface area contributed by atoms with Crippen LogP contribution in [0.5, 0.6) is 5.75 Å². The summed E-state index contributed by atoms with van der Waals surface area (Å²) in [7, 11) is 1.27. The molecule has 37 heavy (non-hydrogen) atoms. The van der Waals surface area contributed by atoms with Gasteiger partial charge in [-0.3, -0.25) is 10.2 Å². The predicted molar refractivity (Wildman–Crippen MR) is 141 cm³/mol. The first kappa shape index (κ1) is 29.6. The maximum atomic E-state index is 13.3. The van der Waals surface area contributed by atoms with Crippen LogP contribution in [0.4, 0.5) is 4.79 Å². The van der Waals surface area contributed by atoms with Crippen LogP contribution >= 0.6 is 0 Å². The van der Waals surface area contributed by atoms with Crippen molar-refractivity contribution < 1.29 is 28.6 Å². The van der Waals surface area contributed by atoms with Crippen LogP contribution in [0.15, 0.2) is 54.6 Å². The molecule has 0 aromatic heterocycles. The lowest BCUT2D eigenvalue weighted by Crippen LogP contribution is -2.56. The summed E-state index contributed by atoms with van der Waals surface area (Å²) >= 11 is 0. The van der Waals surface area contributed by atoms with Crippen molar-refractivity contribution in [2.75, 3.05) is 7.11 Å². The first-order valence-corrected chi connectivity index (χ1v) is 12.2. The molecule has 0 unspecified atom stereocenters. The minimum absolute atomic E-state index is 0.214. The fraction of sp³-hybridized carbons (Fsp3) is 0.464. The van der Waals surface area contributed by atoms with Crippen molar-refractivity contribution in [1.29, 1.82) is 0 Å². The van der Waals surface area contributed by atoms with Crippen LogP contribution in [-0.2, 0) is 31.9 Å². The van der Waals surface area contributed by atoms with E-state index >= 15 is 0 Å². The van der Waals surface area contributed by atoms with Crippen LogP contribution in [0.3, 0.4) is 0 Å². The fourth-order valence-electron chi connectivity index (χ4n) is 3.40. The van der Waals surface area contributed by atoms with Crippen molar-refractivity contribution in [3.63, 3.8) is 0 Å². The molecule has 2 amide bonds. The smallest absolute Gasteiger partial charge is 0.422 e. The summed E-state index contributed by atoms with van der Waals surface area (Å²) in [5.74, 6) is -0.361. The van der Waals surface area contributed by atoms with Crippen LogP contribution in [0.25, 0.3) is 0 Å². The molecule has 0 heterocycles. The standard InChI is InChI=1S/C28H39N3O6/c1-27(2,3)36-21-15-13-20(14-16-21)18-23(25(33)35-7)29-24(32)22(17-19-11-9-8-10-12-19)30-31-26(34)37-28(4,5)6/h8-16,22-23,30H,17-18H2,1-7H3,(H,29,32)(H,31,34)/t22-,23-/m0/s1. The number of rotatable bonds is 10. The lowest BCUT2D eigenvalue weighted by Gasteiger charge is -2.24. The molecule has 9 heteroatoms. The predicted octanol–water partition coefficient (Wildman–Crippen LogP) is 3.70. The number of benzene rings is 2. The van der Waals surface area contributed by atoms with E-state index in [9.17, 15) is 14.4 Å². The zero-order chi connectivity index (χ0) is 27.6. The van der Waals surface area contributed by atoms with E-state index < -0.39 is 35.7 Å². The van der Waals surface area contributed by atoms with E-state index in [0.717, 1.165) is 11.1 Å². The average molecular weight is 514 g/mol. The van der Waals surface area contributed by atoms with Gasteiger partial charge in [0.2, 0.25) is 5.91 Å². The largest absolute Gasteiger partial charge is 0.488 e. The third-order valence-electron chi connectivity index (χ3n) is 4.94. The summed E-state index contributed by atoms with van der Waals surface area (Å²) in [5.41, 5.74) is 5.81. The second-order valence-corrected chi connectivity index (χ2v) is 10.7. The highest BCUT2D eigenvalue weighted by Crippen LogP contribution is 2.19. The zero-order valence-corrected chi connectivity index (χ0v) is 22.7. The van der Waals surface area contributed by atoms with Crippen LogP contribution in [0, 0.1) is 0 Å². The number of amides is 2. The molecule has 2 atom stereocenters. The molecule has 0 radical (unpaired) electrons. The third-order valence-corrected chi connectivity index (χ3v) is 4.94. The Labute approximate surface area is 219 Å². The van der Waals surface area contributed by atoms with E-state index in [4.69, 9.17) is 14.2 Å². The lowest BCUT2D eigenvalue weighted by molar-refractivity contribution is -0.145. The minimum atomic E-state index is -0.937. The number of hydrogen-bond donors (Lipinski definition) is 3. The monoisotopic (exact) mass is 513 g/mol. The van der Waals surface area contributed by atoms with E-state index in [-0.39, 0.29) is 18.4 Å². The molecule has 0 aliphatic rings. The zero-order valence-electron chi connectivity index (χ0n) is 22.7. The second kappa shape index (κ2) is 13.1. The highest BCUT2D eigenvalue weighted by molar-refractivity contribution is 5.88. The van der Waals surface area contributed by atoms with Crippen molar-refractivity contribution in [1.82, 2.24) is 16.2 Å². The van der Waals surface area contributed by atoms with Crippen molar-refractivity contribution >= 4 is 18.0 Å². The molecule has 0 fully saturated rings. The van der Waals surface area contributed by atoms with Gasteiger partial charge >= 0.3 is 12.1 Å². The van der Waals surface area contributed by atoms with Gasteiger partial charge in [0.1, 0.15) is 29.0 Å². The number of methoxy groups -OCH3 is 1. The molecule has 2 aromatic carbocycles. The van der Waals surface area contributed by atoms with Gasteiger partial charge in [-0.15, -0.1) is 0 Å². The summed E-state index contributed by atoms with van der Waals surface area (Å²) < 4.78 is 16.0. The van der Waals surface area contributed by atoms with Gasteiger partial charge in [0.05, 0.1) is 7.11 Å². The van der Waals surface area contributed by atoms with Gasteiger partial charge in [-0.2, -0.15) is 0 Å². The molecule has 2 aromatic rings. The molecular weight excluding hydrogens is 474 g/mol. The Morgan fingerprint density at radius 2 is 1.35 bits per heavy atom. The average Bonchev–Trinajstić information content (AvgIpc) is 2.80. The SMILES string of the molecule is COC(=O)[C@H](Cc1ccc(OC(C)(C)C)cc1)NC(=O)[C@H](Cc1ccccc1)NNC(=O)OC(C)(C)C. The van der Waals surface area contributed by atoms with Crippen LogP contribution in [0.1, 0.15) is 52.7 Å². The summed E-state index contributed by atoms with van der Waals surface area (Å²) in [6.45, 7) is 11.1. The Hall–Kier alpha value is -3.59. The Balaban J connectivity index is 2.15. The van der Waals surface area contributed by atoms with Crippen LogP contribution < -0.4 is 20.9 Å². The van der Waals surface area contributed by atoms with Gasteiger partial charge in [-0.05, 0) is 71.2 Å². The summed E-state index contributed by atoms with van der Waals surface area (Å²) in [5, 5.41) is 2.76. The molecule has 0 aliphatic heterocycles. The van der Waals surface area contributed by atoms with E-state index in [1.54, 1.807) is 20.8 Å². The Morgan fingerprint density at radius 1 is 0.784 bits per heavy atom. The van der Waals surface area contributed by atoms with E-state index in [2.05, 4.69) is 16.2 Å². The second-order valence-electron chi connectivity index (χ2n) is 10.7. The number of esters is 1. The number of hydrazine groups is 1. The number of carbonyl (C=O) groups is 3. The van der Waals surface area contributed by atoms with Gasteiger partial charge in [-0.25, -0.2) is 15.0 Å². The molecule has 2 rings (SSSR count). The minimum Gasteiger partial charge on any atom is -0.488 e. The van der Waals surface area contributed by atoms with Gasteiger partial charge in [0, 0.05) is 6.42 Å². The molecular formula is C28H39N3O6. The van der Waals surface area contributed by atoms with Gasteiger partial charge in [-0.1, -0.05) is 42.5 Å². The summed E-state index contributed by atoms with van der Waals surface area (Å²) in [6, 6.07) is 14.8. The van der Waals surface area contributed by atoms with Gasteiger partial charge in [0.15, 0.2) is 0 Å². The Kier molecular flexibility index (Phi) is 10.5. The van der Waals surface area contributed by atoms with Crippen LogP contribution in [0.2, 0.25) is 0 Å². The molecule has 9 nitrogen and oxygen atoms in total. The van der Waals surface area contributed by atoms with Gasteiger partial charge < -0.3 is 19.5 Å². The van der Waals surface area contributed by atoms with E-state index in [1.165, 1.54) is 7.11 Å². The number of ether oxygens (including phenoxy) is 3. The number of carbonyl (C=O) groups excluding carboxylic acids is 3. The molecule has 0 spiro atoms. The molecule has 3 N–H and O–H groups in total. The molecule has 0 aliphatic carbocycles. The van der Waals surface area contributed by atoms with Crippen molar-refractivity contribution in [3.8, 4) is 5.75 Å². The third kappa shape index (κ3) is 11.3. The number of hydrogen-bond acceptors (Lipinski definition) is 7. The quantitative estimate of drug-likeness (QED) is 0.328. The Bertz CT molecular complexity index is 1030. The fourth-order valence-corrected chi connectivity index (χ4v) is 3.40. The van der Waals surface area contributed by atoms with E-state index in [0.29, 0.717) is 5.75 Å². The van der Waals surface area contributed by atoms with Crippen molar-refractivity contribution in [2.45, 2.75) is 77.7 Å². The molecule has 0 saturated carbocycles. The normalized spacial score (nSPS) is 13.2. The summed E-state index contributed by atoms with van der Waals surface area (Å²) in [6.07, 6.45) is -0.249. The molecule has 202 valence electrons. The highest BCUT2D eigenvalue weighted by atomic mass is 16.6. The summed E-state index contributed by atoms with van der Waals surface area (Å²) in [4.78, 5) is 38.0. The van der Waals surface area contributed by atoms with Crippen molar-refractivity contribution in [2.24, 2.45) is 0 Å². The highest BCUT2D eigenvalue weighted by Gasteiger charge is 2.28. The number of nitrogens with one attached hydrogen (secondary N) is 3. The lowest BCUT2D eigenvalue weighted by atomic mass is 10.0. The maximum Gasteiger partial charge on any atom is 0.422 e. The van der Waals surface area contributed by atoms with Crippen molar-refractivity contribution in [3.05, 3.63) is 65.7 Å². The van der Waals surface area contributed by atoms with Crippen LogP contribution in [-0.4, -0.2) is 48.4 Å². The Morgan fingerprint density at radius 3 is 1.89 bits per heavy atom. The molecule has 0 bridgehead atoms. The van der Waals surface area contributed by atoms with E-state index in [1.807, 2.05) is 75.4 Å². The molecule has 0 saturated heterocycles. The first-order valence-electron chi connectivity index (χ1n) is 12.2. The maximum absolute atomic E-state index is 13.3.